The number of rotatable bonds is 10. The van der Waals surface area contributed by atoms with Crippen molar-refractivity contribution in [1.82, 2.24) is 19.9 Å². The van der Waals surface area contributed by atoms with Crippen LogP contribution in [0.15, 0.2) is 53.1 Å². The smallest absolute Gasteiger partial charge is 0.258 e. The van der Waals surface area contributed by atoms with Gasteiger partial charge in [-0.25, -0.2) is 8.78 Å². The van der Waals surface area contributed by atoms with Crippen LogP contribution in [-0.4, -0.2) is 55.2 Å². The number of aromatic nitrogens is 3. The van der Waals surface area contributed by atoms with E-state index in [2.05, 4.69) is 26.2 Å². The van der Waals surface area contributed by atoms with Crippen LogP contribution >= 0.6 is 15.9 Å². The predicted octanol–water partition coefficient (Wildman–Crippen LogP) is 4.78. The molecule has 39 heavy (non-hydrogen) atoms. The first-order valence-corrected chi connectivity index (χ1v) is 14.2. The maximum absolute atomic E-state index is 13.6. The summed E-state index contributed by atoms with van der Waals surface area (Å²) in [4.78, 5) is 14.9. The molecule has 0 bridgehead atoms. The maximum atomic E-state index is 13.6. The third kappa shape index (κ3) is 7.93. The quantitative estimate of drug-likeness (QED) is 0.347. The van der Waals surface area contributed by atoms with Crippen molar-refractivity contribution < 1.29 is 23.8 Å². The molecule has 1 fully saturated rings. The molecule has 2 aromatic carbocycles. The predicted molar refractivity (Wildman–Crippen MR) is 147 cm³/mol. The second kappa shape index (κ2) is 13.1. The van der Waals surface area contributed by atoms with E-state index in [1.54, 1.807) is 17.0 Å². The number of aliphatic hydroxyl groups excluding tert-OH is 1. The molecule has 0 radical (unpaired) electrons. The first kappa shape index (κ1) is 29.3. The number of likely N-dealkylation sites (tertiary alicyclic amines) is 1. The molecule has 0 aliphatic carbocycles. The lowest BCUT2D eigenvalue weighted by Crippen LogP contribution is -2.45. The summed E-state index contributed by atoms with van der Waals surface area (Å²) in [6.07, 6.45) is 6.53. The lowest BCUT2D eigenvalue weighted by atomic mass is 9.94. The molecule has 2 N–H and O–H groups in total. The minimum absolute atomic E-state index is 0.210. The van der Waals surface area contributed by atoms with Gasteiger partial charge in [0.05, 0.1) is 16.3 Å². The van der Waals surface area contributed by atoms with E-state index in [-0.39, 0.29) is 16.2 Å². The Morgan fingerprint density at radius 3 is 2.69 bits per heavy atom. The Labute approximate surface area is 236 Å². The average molecular weight is 606 g/mol. The molecule has 1 amide bonds. The number of carbonyl (C=O) groups is 1. The van der Waals surface area contributed by atoms with Gasteiger partial charge >= 0.3 is 0 Å². The SMILES string of the molecule is CC(O)(C(=O)N1CCCC(CCn2cc(CCC(O)Cc3ccc(F)cc3)nn2)CC1)c1ccc(F)c(Br)c1. The van der Waals surface area contributed by atoms with Crippen LogP contribution in [0.3, 0.4) is 0 Å². The van der Waals surface area contributed by atoms with Gasteiger partial charge in [-0.2, -0.15) is 0 Å². The van der Waals surface area contributed by atoms with E-state index in [0.29, 0.717) is 50.4 Å². The van der Waals surface area contributed by atoms with E-state index < -0.39 is 17.5 Å². The Hall–Kier alpha value is -2.69. The Bertz CT molecular complexity index is 1250. The van der Waals surface area contributed by atoms with E-state index in [9.17, 15) is 23.8 Å². The van der Waals surface area contributed by atoms with Crippen LogP contribution in [0.4, 0.5) is 8.78 Å². The lowest BCUT2D eigenvalue weighted by molar-refractivity contribution is -0.150. The minimum atomic E-state index is -1.74. The molecule has 4 rings (SSSR count). The largest absolute Gasteiger partial charge is 0.393 e. The summed E-state index contributed by atoms with van der Waals surface area (Å²) in [5.41, 5.74) is 0.329. The number of benzene rings is 2. The summed E-state index contributed by atoms with van der Waals surface area (Å²) in [5, 5.41) is 29.8. The molecular formula is C29H35BrF2N4O3. The van der Waals surface area contributed by atoms with Gasteiger partial charge in [-0.15, -0.1) is 5.10 Å². The maximum Gasteiger partial charge on any atom is 0.258 e. The standard InChI is InChI=1S/C29H35BrF2N4O3/c1-29(39,22-6-11-27(32)26(30)18-22)28(38)35-14-2-3-20(12-15-35)13-16-36-19-24(33-34-36)9-10-25(37)17-21-4-7-23(31)8-5-21/h4-8,11,18-20,25,37,39H,2-3,9-10,12-17H2,1H3. The summed E-state index contributed by atoms with van der Waals surface area (Å²) in [6, 6.07) is 10.3. The minimum Gasteiger partial charge on any atom is -0.393 e. The summed E-state index contributed by atoms with van der Waals surface area (Å²) >= 11 is 3.13. The van der Waals surface area contributed by atoms with Gasteiger partial charge < -0.3 is 15.1 Å². The van der Waals surface area contributed by atoms with Crippen molar-refractivity contribution >= 4 is 21.8 Å². The monoisotopic (exact) mass is 604 g/mol. The molecule has 1 aromatic heterocycles. The molecule has 10 heteroatoms. The number of aryl methyl sites for hydroxylation is 2. The molecular weight excluding hydrogens is 570 g/mol. The molecule has 0 spiro atoms. The van der Waals surface area contributed by atoms with Gasteiger partial charge in [0.1, 0.15) is 11.6 Å². The van der Waals surface area contributed by atoms with Crippen molar-refractivity contribution in [3.05, 3.63) is 81.6 Å². The molecule has 1 saturated heterocycles. The highest BCUT2D eigenvalue weighted by Crippen LogP contribution is 2.29. The molecule has 0 saturated carbocycles. The molecule has 3 aromatic rings. The van der Waals surface area contributed by atoms with Crippen LogP contribution in [-0.2, 0) is 29.8 Å². The van der Waals surface area contributed by atoms with Crippen molar-refractivity contribution in [2.75, 3.05) is 13.1 Å². The number of amides is 1. The van der Waals surface area contributed by atoms with Crippen LogP contribution in [0, 0.1) is 17.6 Å². The molecule has 2 heterocycles. The molecule has 210 valence electrons. The van der Waals surface area contributed by atoms with Crippen molar-refractivity contribution in [1.29, 1.82) is 0 Å². The third-order valence-electron chi connectivity index (χ3n) is 7.50. The average Bonchev–Trinajstić information content (AvgIpc) is 3.24. The number of carbonyl (C=O) groups excluding carboxylic acids is 1. The molecule has 1 aliphatic rings. The van der Waals surface area contributed by atoms with Crippen LogP contribution in [0.1, 0.15) is 55.8 Å². The first-order valence-electron chi connectivity index (χ1n) is 13.4. The fourth-order valence-corrected chi connectivity index (χ4v) is 5.45. The van der Waals surface area contributed by atoms with Gasteiger partial charge in [-0.05, 0) is 109 Å². The van der Waals surface area contributed by atoms with Crippen LogP contribution in [0.5, 0.6) is 0 Å². The zero-order valence-electron chi connectivity index (χ0n) is 22.1. The van der Waals surface area contributed by atoms with Crippen LogP contribution in [0.25, 0.3) is 0 Å². The first-order chi connectivity index (χ1) is 18.6. The van der Waals surface area contributed by atoms with Crippen molar-refractivity contribution in [2.24, 2.45) is 5.92 Å². The Kier molecular flexibility index (Phi) is 9.85. The highest BCUT2D eigenvalue weighted by atomic mass is 79.9. The highest BCUT2D eigenvalue weighted by molar-refractivity contribution is 9.10. The van der Waals surface area contributed by atoms with Gasteiger partial charge in [0.15, 0.2) is 5.60 Å². The topological polar surface area (TPSA) is 91.5 Å². The van der Waals surface area contributed by atoms with Gasteiger partial charge in [0.2, 0.25) is 0 Å². The number of halogens is 3. The second-order valence-corrected chi connectivity index (χ2v) is 11.4. The van der Waals surface area contributed by atoms with Crippen molar-refractivity contribution in [3.63, 3.8) is 0 Å². The highest BCUT2D eigenvalue weighted by Gasteiger charge is 2.37. The number of aliphatic hydroxyl groups is 2. The van der Waals surface area contributed by atoms with Crippen molar-refractivity contribution in [3.8, 4) is 0 Å². The van der Waals surface area contributed by atoms with Crippen molar-refractivity contribution in [2.45, 2.75) is 70.1 Å². The lowest BCUT2D eigenvalue weighted by Gasteiger charge is -2.30. The number of hydrogen-bond donors (Lipinski definition) is 2. The normalized spacial score (nSPS) is 18.4. The van der Waals surface area contributed by atoms with Gasteiger partial charge in [-0.3, -0.25) is 9.48 Å². The molecule has 3 unspecified atom stereocenters. The van der Waals surface area contributed by atoms with Gasteiger partial charge in [0, 0.05) is 25.8 Å². The Morgan fingerprint density at radius 2 is 1.95 bits per heavy atom. The number of nitrogens with zero attached hydrogens (tertiary/aromatic N) is 4. The molecule has 7 nitrogen and oxygen atoms in total. The summed E-state index contributed by atoms with van der Waals surface area (Å²) in [7, 11) is 0. The van der Waals surface area contributed by atoms with E-state index in [1.807, 2.05) is 10.9 Å². The summed E-state index contributed by atoms with van der Waals surface area (Å²) < 4.78 is 28.7. The second-order valence-electron chi connectivity index (χ2n) is 10.6. The summed E-state index contributed by atoms with van der Waals surface area (Å²) in [6.45, 7) is 3.30. The van der Waals surface area contributed by atoms with Crippen LogP contribution in [0.2, 0.25) is 0 Å². The zero-order chi connectivity index (χ0) is 28.0. The zero-order valence-corrected chi connectivity index (χ0v) is 23.7. The van der Waals surface area contributed by atoms with Crippen LogP contribution < -0.4 is 0 Å². The fourth-order valence-electron chi connectivity index (χ4n) is 5.07. The molecule has 3 atom stereocenters. The van der Waals surface area contributed by atoms with E-state index in [1.165, 1.54) is 37.3 Å². The fraction of sp³-hybridized carbons (Fsp3) is 0.483. The van der Waals surface area contributed by atoms with Gasteiger partial charge in [0.25, 0.3) is 5.91 Å². The third-order valence-corrected chi connectivity index (χ3v) is 8.11. The van der Waals surface area contributed by atoms with E-state index in [4.69, 9.17) is 0 Å². The Morgan fingerprint density at radius 1 is 1.18 bits per heavy atom. The number of hydrogen-bond acceptors (Lipinski definition) is 5. The van der Waals surface area contributed by atoms with Gasteiger partial charge in [-0.1, -0.05) is 23.4 Å². The van der Waals surface area contributed by atoms with E-state index in [0.717, 1.165) is 36.9 Å². The summed E-state index contributed by atoms with van der Waals surface area (Å²) in [5.74, 6) is -0.691. The van der Waals surface area contributed by atoms with E-state index >= 15 is 0 Å². The Balaban J connectivity index is 1.22. The molecule has 1 aliphatic heterocycles.